The second-order valence-electron chi connectivity index (χ2n) is 6.73. The fourth-order valence-corrected chi connectivity index (χ4v) is 4.03. The second kappa shape index (κ2) is 5.20. The molecule has 3 atom stereocenters. The standard InChI is InChI=1S/C15H27NO2/c1-4-15(14(17)18)5-6-16(10-15)13-8-11(2)7-12(3)9-13/h11-13H,4-10H2,1-3H3,(H,17,18). The number of hydrogen-bond acceptors (Lipinski definition) is 2. The average molecular weight is 253 g/mol. The molecule has 1 saturated carbocycles. The van der Waals surface area contributed by atoms with E-state index in [-0.39, 0.29) is 0 Å². The first-order valence-corrected chi connectivity index (χ1v) is 7.44. The van der Waals surface area contributed by atoms with Crippen LogP contribution >= 0.6 is 0 Å². The summed E-state index contributed by atoms with van der Waals surface area (Å²) in [6.07, 6.45) is 5.43. The smallest absolute Gasteiger partial charge is 0.310 e. The maximum Gasteiger partial charge on any atom is 0.310 e. The van der Waals surface area contributed by atoms with Crippen LogP contribution in [0.5, 0.6) is 0 Å². The predicted molar refractivity (Wildman–Crippen MR) is 72.5 cm³/mol. The van der Waals surface area contributed by atoms with E-state index in [0.717, 1.165) is 37.8 Å². The molecule has 1 N–H and O–H groups in total. The normalized spacial score (nSPS) is 42.1. The lowest BCUT2D eigenvalue weighted by Crippen LogP contribution is -2.42. The topological polar surface area (TPSA) is 40.5 Å². The van der Waals surface area contributed by atoms with Crippen LogP contribution in [0.15, 0.2) is 0 Å². The minimum Gasteiger partial charge on any atom is -0.481 e. The third-order valence-electron chi connectivity index (χ3n) is 5.18. The number of rotatable bonds is 3. The predicted octanol–water partition coefficient (Wildman–Crippen LogP) is 3.00. The van der Waals surface area contributed by atoms with Gasteiger partial charge in [-0.15, -0.1) is 0 Å². The van der Waals surface area contributed by atoms with Crippen molar-refractivity contribution in [3.05, 3.63) is 0 Å². The molecular weight excluding hydrogens is 226 g/mol. The number of nitrogens with zero attached hydrogens (tertiary/aromatic N) is 1. The molecule has 1 saturated heterocycles. The molecule has 0 amide bonds. The SMILES string of the molecule is CCC1(C(=O)O)CCN(C2CC(C)CC(C)C2)C1. The number of carbonyl (C=O) groups is 1. The van der Waals surface area contributed by atoms with Crippen molar-refractivity contribution in [1.82, 2.24) is 4.90 Å². The first-order valence-electron chi connectivity index (χ1n) is 7.44. The zero-order valence-electron chi connectivity index (χ0n) is 12.0. The lowest BCUT2D eigenvalue weighted by molar-refractivity contribution is -0.148. The zero-order valence-corrected chi connectivity index (χ0v) is 12.0. The van der Waals surface area contributed by atoms with Crippen molar-refractivity contribution in [2.75, 3.05) is 13.1 Å². The maximum absolute atomic E-state index is 11.5. The van der Waals surface area contributed by atoms with Crippen LogP contribution in [-0.4, -0.2) is 35.1 Å². The van der Waals surface area contributed by atoms with Crippen LogP contribution in [0.3, 0.4) is 0 Å². The average Bonchev–Trinajstić information content (AvgIpc) is 2.73. The van der Waals surface area contributed by atoms with E-state index in [9.17, 15) is 9.90 Å². The Bertz CT molecular complexity index is 308. The summed E-state index contributed by atoms with van der Waals surface area (Å²) in [5, 5.41) is 9.46. The van der Waals surface area contributed by atoms with Crippen molar-refractivity contribution in [2.24, 2.45) is 17.3 Å². The van der Waals surface area contributed by atoms with Crippen molar-refractivity contribution in [2.45, 2.75) is 58.9 Å². The van der Waals surface area contributed by atoms with Gasteiger partial charge >= 0.3 is 5.97 Å². The molecule has 3 nitrogen and oxygen atoms in total. The summed E-state index contributed by atoms with van der Waals surface area (Å²) < 4.78 is 0. The lowest BCUT2D eigenvalue weighted by Gasteiger charge is -2.38. The monoisotopic (exact) mass is 253 g/mol. The van der Waals surface area contributed by atoms with Crippen LogP contribution in [0.25, 0.3) is 0 Å². The number of hydrogen-bond donors (Lipinski definition) is 1. The quantitative estimate of drug-likeness (QED) is 0.840. The highest BCUT2D eigenvalue weighted by atomic mass is 16.4. The summed E-state index contributed by atoms with van der Waals surface area (Å²) in [4.78, 5) is 13.9. The largest absolute Gasteiger partial charge is 0.481 e. The minimum atomic E-state index is -0.593. The Morgan fingerprint density at radius 1 is 1.28 bits per heavy atom. The Kier molecular flexibility index (Phi) is 4.00. The van der Waals surface area contributed by atoms with E-state index in [1.54, 1.807) is 0 Å². The van der Waals surface area contributed by atoms with Crippen LogP contribution in [0.4, 0.5) is 0 Å². The molecule has 0 aromatic heterocycles. The lowest BCUT2D eigenvalue weighted by atomic mass is 9.79. The molecule has 104 valence electrons. The van der Waals surface area contributed by atoms with Crippen molar-refractivity contribution < 1.29 is 9.90 Å². The van der Waals surface area contributed by atoms with Gasteiger partial charge in [-0.05, 0) is 50.5 Å². The minimum absolute atomic E-state index is 0.468. The van der Waals surface area contributed by atoms with E-state index in [2.05, 4.69) is 18.7 Å². The third kappa shape index (κ3) is 2.56. The highest BCUT2D eigenvalue weighted by Gasteiger charge is 2.45. The van der Waals surface area contributed by atoms with E-state index in [0.29, 0.717) is 6.04 Å². The zero-order chi connectivity index (χ0) is 13.3. The number of carboxylic acid groups (broad SMARTS) is 1. The number of likely N-dealkylation sites (tertiary alicyclic amines) is 1. The van der Waals surface area contributed by atoms with Gasteiger partial charge in [-0.3, -0.25) is 9.69 Å². The highest BCUT2D eigenvalue weighted by molar-refractivity contribution is 5.75. The van der Waals surface area contributed by atoms with Crippen LogP contribution in [0.1, 0.15) is 52.9 Å². The third-order valence-corrected chi connectivity index (χ3v) is 5.18. The molecule has 1 heterocycles. The molecule has 0 spiro atoms. The van der Waals surface area contributed by atoms with Gasteiger partial charge < -0.3 is 5.11 Å². The van der Waals surface area contributed by atoms with E-state index in [4.69, 9.17) is 0 Å². The van der Waals surface area contributed by atoms with Gasteiger partial charge in [-0.1, -0.05) is 20.8 Å². The fourth-order valence-electron chi connectivity index (χ4n) is 4.03. The van der Waals surface area contributed by atoms with Gasteiger partial charge in [0.25, 0.3) is 0 Å². The molecule has 0 aromatic rings. The molecule has 18 heavy (non-hydrogen) atoms. The van der Waals surface area contributed by atoms with Gasteiger partial charge in [0.05, 0.1) is 5.41 Å². The molecule has 0 radical (unpaired) electrons. The van der Waals surface area contributed by atoms with Crippen molar-refractivity contribution in [3.63, 3.8) is 0 Å². The summed E-state index contributed by atoms with van der Waals surface area (Å²) >= 11 is 0. The first kappa shape index (κ1) is 13.9. The highest BCUT2D eigenvalue weighted by Crippen LogP contribution is 2.39. The Balaban J connectivity index is 2.02. The molecule has 3 heteroatoms. The van der Waals surface area contributed by atoms with E-state index < -0.39 is 11.4 Å². The van der Waals surface area contributed by atoms with Crippen LogP contribution in [-0.2, 0) is 4.79 Å². The molecule has 3 unspecified atom stereocenters. The second-order valence-corrected chi connectivity index (χ2v) is 6.73. The molecule has 2 aliphatic rings. The molecule has 1 aliphatic carbocycles. The fraction of sp³-hybridized carbons (Fsp3) is 0.933. The van der Waals surface area contributed by atoms with Crippen LogP contribution in [0.2, 0.25) is 0 Å². The van der Waals surface area contributed by atoms with E-state index >= 15 is 0 Å². The summed E-state index contributed by atoms with van der Waals surface area (Å²) in [6, 6.07) is 0.622. The Labute approximate surface area is 111 Å². The Morgan fingerprint density at radius 3 is 2.33 bits per heavy atom. The molecule has 2 fully saturated rings. The summed E-state index contributed by atoms with van der Waals surface area (Å²) in [5.74, 6) is 0.991. The molecule has 0 aromatic carbocycles. The maximum atomic E-state index is 11.5. The van der Waals surface area contributed by atoms with Crippen LogP contribution < -0.4 is 0 Å². The summed E-state index contributed by atoms with van der Waals surface area (Å²) in [6.45, 7) is 8.43. The van der Waals surface area contributed by atoms with E-state index in [1.807, 2.05) is 6.92 Å². The van der Waals surface area contributed by atoms with Crippen molar-refractivity contribution in [1.29, 1.82) is 0 Å². The molecule has 0 bridgehead atoms. The van der Waals surface area contributed by atoms with E-state index in [1.165, 1.54) is 19.3 Å². The van der Waals surface area contributed by atoms with Crippen molar-refractivity contribution >= 4 is 5.97 Å². The number of aliphatic carboxylic acids is 1. The van der Waals surface area contributed by atoms with Crippen molar-refractivity contribution in [3.8, 4) is 0 Å². The van der Waals surface area contributed by atoms with Gasteiger partial charge in [-0.25, -0.2) is 0 Å². The Morgan fingerprint density at radius 2 is 1.89 bits per heavy atom. The molecular formula is C15H27NO2. The number of carboxylic acids is 1. The molecule has 2 rings (SSSR count). The summed E-state index contributed by atoms with van der Waals surface area (Å²) in [5.41, 5.74) is -0.468. The van der Waals surface area contributed by atoms with Gasteiger partial charge in [0.1, 0.15) is 0 Å². The van der Waals surface area contributed by atoms with Gasteiger partial charge in [-0.2, -0.15) is 0 Å². The Hall–Kier alpha value is -0.570. The van der Waals surface area contributed by atoms with Gasteiger partial charge in [0.15, 0.2) is 0 Å². The summed E-state index contributed by atoms with van der Waals surface area (Å²) in [7, 11) is 0. The van der Waals surface area contributed by atoms with Gasteiger partial charge in [0, 0.05) is 12.6 Å². The van der Waals surface area contributed by atoms with Gasteiger partial charge in [0.2, 0.25) is 0 Å². The van der Waals surface area contributed by atoms with Crippen LogP contribution in [0, 0.1) is 17.3 Å². The first-order chi connectivity index (χ1) is 8.47. The molecule has 1 aliphatic heterocycles.